The zero-order chi connectivity index (χ0) is 14.4. The van der Waals surface area contributed by atoms with Crippen LogP contribution in [0.2, 0.25) is 0 Å². The second-order valence-electron chi connectivity index (χ2n) is 5.16. The molecule has 20 heavy (non-hydrogen) atoms. The van der Waals surface area contributed by atoms with Gasteiger partial charge in [-0.05, 0) is 26.7 Å². The molecule has 0 atom stereocenters. The molecule has 6 nitrogen and oxygen atoms in total. The first-order chi connectivity index (χ1) is 9.45. The van der Waals surface area contributed by atoms with Crippen molar-refractivity contribution >= 4 is 21.8 Å². The molecule has 0 aromatic carbocycles. The normalized spacial score (nSPS) is 23.5. The van der Waals surface area contributed by atoms with E-state index in [1.165, 1.54) is 4.31 Å². The van der Waals surface area contributed by atoms with Crippen molar-refractivity contribution in [3.05, 3.63) is 11.5 Å². The maximum atomic E-state index is 12.7. The van der Waals surface area contributed by atoms with Crippen LogP contribution in [0, 0.1) is 13.8 Å². The standard InChI is InChI=1S/C12H18N2O4S2/c1-9-11(10(2)18-13-9)20(15,16)14-5-3-12(4-6-14)17-7-8-19-12/h3-8H2,1-2H3. The summed E-state index contributed by atoms with van der Waals surface area (Å²) in [5.74, 6) is 1.35. The van der Waals surface area contributed by atoms with E-state index < -0.39 is 10.0 Å². The molecule has 0 unspecified atom stereocenters. The minimum atomic E-state index is -3.51. The fourth-order valence-corrected chi connectivity index (χ4v) is 5.73. The molecule has 0 saturated carbocycles. The summed E-state index contributed by atoms with van der Waals surface area (Å²) in [6, 6.07) is 0. The third kappa shape index (κ3) is 2.28. The molecule has 8 heteroatoms. The number of piperidine rings is 1. The van der Waals surface area contributed by atoms with Gasteiger partial charge in [0.05, 0.1) is 6.61 Å². The highest BCUT2D eigenvalue weighted by atomic mass is 32.2. The Kier molecular flexibility index (Phi) is 3.60. The molecule has 0 radical (unpaired) electrons. The van der Waals surface area contributed by atoms with E-state index in [1.807, 2.05) is 11.8 Å². The highest BCUT2D eigenvalue weighted by molar-refractivity contribution is 8.00. The van der Waals surface area contributed by atoms with Gasteiger partial charge >= 0.3 is 0 Å². The van der Waals surface area contributed by atoms with Gasteiger partial charge in [-0.1, -0.05) is 5.16 Å². The molecular formula is C12H18N2O4S2. The van der Waals surface area contributed by atoms with Crippen LogP contribution in [-0.2, 0) is 14.8 Å². The zero-order valence-corrected chi connectivity index (χ0v) is 13.2. The van der Waals surface area contributed by atoms with Crippen molar-refractivity contribution in [3.63, 3.8) is 0 Å². The third-order valence-electron chi connectivity index (χ3n) is 3.86. The van der Waals surface area contributed by atoms with Crippen molar-refractivity contribution in [2.24, 2.45) is 0 Å². The van der Waals surface area contributed by atoms with Gasteiger partial charge in [0.15, 0.2) is 5.76 Å². The van der Waals surface area contributed by atoms with Gasteiger partial charge in [0.2, 0.25) is 10.0 Å². The molecule has 0 amide bonds. The second-order valence-corrected chi connectivity index (χ2v) is 8.48. The first-order valence-corrected chi connectivity index (χ1v) is 9.08. The van der Waals surface area contributed by atoms with Crippen LogP contribution in [0.15, 0.2) is 9.42 Å². The Labute approximate surface area is 122 Å². The summed E-state index contributed by atoms with van der Waals surface area (Å²) in [4.78, 5) is 0.0542. The number of thioether (sulfide) groups is 1. The average Bonchev–Trinajstić information content (AvgIpc) is 2.98. The molecule has 2 aliphatic rings. The lowest BCUT2D eigenvalue weighted by Gasteiger charge is -2.37. The minimum Gasteiger partial charge on any atom is -0.363 e. The summed E-state index contributed by atoms with van der Waals surface area (Å²) < 4.78 is 37.6. The maximum absolute atomic E-state index is 12.7. The van der Waals surface area contributed by atoms with E-state index in [1.54, 1.807) is 13.8 Å². The molecule has 2 fully saturated rings. The minimum absolute atomic E-state index is 0.162. The van der Waals surface area contributed by atoms with Gasteiger partial charge in [-0.2, -0.15) is 4.31 Å². The Balaban J connectivity index is 1.80. The molecule has 0 N–H and O–H groups in total. The van der Waals surface area contributed by atoms with E-state index in [2.05, 4.69) is 5.16 Å². The topological polar surface area (TPSA) is 72.6 Å². The predicted molar refractivity (Wildman–Crippen MR) is 75.1 cm³/mol. The van der Waals surface area contributed by atoms with Crippen LogP contribution in [0.5, 0.6) is 0 Å². The maximum Gasteiger partial charge on any atom is 0.248 e. The Bertz CT molecular complexity index is 575. The molecule has 0 aliphatic carbocycles. The first-order valence-electron chi connectivity index (χ1n) is 6.66. The van der Waals surface area contributed by atoms with E-state index in [-0.39, 0.29) is 9.83 Å². The van der Waals surface area contributed by atoms with Crippen molar-refractivity contribution < 1.29 is 17.7 Å². The smallest absolute Gasteiger partial charge is 0.248 e. The number of aryl methyl sites for hydroxylation is 2. The fourth-order valence-electron chi connectivity index (χ4n) is 2.82. The van der Waals surface area contributed by atoms with E-state index in [0.717, 1.165) is 25.2 Å². The summed E-state index contributed by atoms with van der Waals surface area (Å²) in [5, 5.41) is 3.74. The first kappa shape index (κ1) is 14.4. The lowest BCUT2D eigenvalue weighted by Crippen LogP contribution is -2.45. The number of rotatable bonds is 2. The highest BCUT2D eigenvalue weighted by Gasteiger charge is 2.43. The van der Waals surface area contributed by atoms with Crippen molar-refractivity contribution in [2.45, 2.75) is 36.5 Å². The largest absolute Gasteiger partial charge is 0.363 e. The van der Waals surface area contributed by atoms with E-state index >= 15 is 0 Å². The van der Waals surface area contributed by atoms with E-state index in [0.29, 0.717) is 24.5 Å². The molecule has 3 rings (SSSR count). The summed E-state index contributed by atoms with van der Waals surface area (Å²) >= 11 is 1.81. The Morgan fingerprint density at radius 1 is 1.30 bits per heavy atom. The Morgan fingerprint density at radius 2 is 2.00 bits per heavy atom. The summed E-state index contributed by atoms with van der Waals surface area (Å²) in [5.41, 5.74) is 0.425. The molecular weight excluding hydrogens is 300 g/mol. The lowest BCUT2D eigenvalue weighted by atomic mass is 10.1. The molecule has 0 bridgehead atoms. The molecule has 112 valence electrons. The molecule has 3 heterocycles. The molecule has 1 aromatic rings. The van der Waals surface area contributed by atoms with E-state index in [4.69, 9.17) is 9.26 Å². The Morgan fingerprint density at radius 3 is 2.50 bits per heavy atom. The van der Waals surface area contributed by atoms with Gasteiger partial charge in [0.25, 0.3) is 0 Å². The van der Waals surface area contributed by atoms with Gasteiger partial charge in [-0.25, -0.2) is 8.42 Å². The monoisotopic (exact) mass is 318 g/mol. The number of ether oxygens (including phenoxy) is 1. The SMILES string of the molecule is Cc1noc(C)c1S(=O)(=O)N1CCC2(CC1)OCCS2. The average molecular weight is 318 g/mol. The predicted octanol–water partition coefficient (Wildman–Crippen LogP) is 1.54. The van der Waals surface area contributed by atoms with Crippen LogP contribution in [-0.4, -0.2) is 48.3 Å². The second kappa shape index (κ2) is 5.01. The fraction of sp³-hybridized carbons (Fsp3) is 0.750. The number of hydrogen-bond donors (Lipinski definition) is 0. The van der Waals surface area contributed by atoms with Gasteiger partial charge in [0, 0.05) is 18.8 Å². The van der Waals surface area contributed by atoms with Crippen LogP contribution in [0.4, 0.5) is 0 Å². The number of hydrogen-bond acceptors (Lipinski definition) is 6. The zero-order valence-electron chi connectivity index (χ0n) is 11.6. The quantitative estimate of drug-likeness (QED) is 0.823. The van der Waals surface area contributed by atoms with Crippen molar-refractivity contribution in [3.8, 4) is 0 Å². The number of aromatic nitrogens is 1. The summed E-state index contributed by atoms with van der Waals surface area (Å²) in [6.07, 6.45) is 1.47. The van der Waals surface area contributed by atoms with Gasteiger partial charge in [-0.3, -0.25) is 0 Å². The molecule has 2 aliphatic heterocycles. The molecule has 1 aromatic heterocycles. The number of nitrogens with zero attached hydrogens (tertiary/aromatic N) is 2. The van der Waals surface area contributed by atoms with E-state index in [9.17, 15) is 8.42 Å². The summed E-state index contributed by atoms with van der Waals surface area (Å²) in [7, 11) is -3.51. The number of sulfonamides is 1. The van der Waals surface area contributed by atoms with Crippen molar-refractivity contribution in [1.29, 1.82) is 0 Å². The van der Waals surface area contributed by atoms with Crippen LogP contribution in [0.3, 0.4) is 0 Å². The van der Waals surface area contributed by atoms with Crippen LogP contribution in [0.1, 0.15) is 24.3 Å². The van der Waals surface area contributed by atoms with Crippen molar-refractivity contribution in [2.75, 3.05) is 25.4 Å². The van der Waals surface area contributed by atoms with Crippen LogP contribution >= 0.6 is 11.8 Å². The third-order valence-corrected chi connectivity index (χ3v) is 7.43. The van der Waals surface area contributed by atoms with Crippen LogP contribution < -0.4 is 0 Å². The van der Waals surface area contributed by atoms with Gasteiger partial charge in [0.1, 0.15) is 15.5 Å². The van der Waals surface area contributed by atoms with Gasteiger partial charge < -0.3 is 9.26 Å². The Hall–Kier alpha value is -0.570. The molecule has 2 saturated heterocycles. The highest BCUT2D eigenvalue weighted by Crippen LogP contribution is 2.42. The summed E-state index contributed by atoms with van der Waals surface area (Å²) in [6.45, 7) is 5.03. The lowest BCUT2D eigenvalue weighted by molar-refractivity contribution is 0.0161. The van der Waals surface area contributed by atoms with Crippen LogP contribution in [0.25, 0.3) is 0 Å². The van der Waals surface area contributed by atoms with Gasteiger partial charge in [-0.15, -0.1) is 11.8 Å². The van der Waals surface area contributed by atoms with Crippen molar-refractivity contribution in [1.82, 2.24) is 9.46 Å². The molecule has 1 spiro atoms.